The van der Waals surface area contributed by atoms with Crippen molar-refractivity contribution < 1.29 is 9.59 Å². The monoisotopic (exact) mass is 266 g/mol. The van der Waals surface area contributed by atoms with Crippen LogP contribution in [-0.4, -0.2) is 34.8 Å². The number of hydrogen-bond acceptors (Lipinski definition) is 2. The van der Waals surface area contributed by atoms with Crippen LogP contribution in [0.5, 0.6) is 0 Å². The van der Waals surface area contributed by atoms with Gasteiger partial charge in [-0.15, -0.1) is 0 Å². The summed E-state index contributed by atoms with van der Waals surface area (Å²) < 4.78 is 0. The molecular formula is C15H26N2O2. The number of hydrogen-bond donors (Lipinski definition) is 1. The molecule has 1 heterocycles. The van der Waals surface area contributed by atoms with Crippen LogP contribution in [0.3, 0.4) is 0 Å². The first kappa shape index (κ1) is 14.4. The van der Waals surface area contributed by atoms with Gasteiger partial charge in [0.2, 0.25) is 11.8 Å². The zero-order valence-corrected chi connectivity index (χ0v) is 12.4. The van der Waals surface area contributed by atoms with Crippen LogP contribution in [-0.2, 0) is 9.59 Å². The Labute approximate surface area is 115 Å². The zero-order chi connectivity index (χ0) is 14.0. The van der Waals surface area contributed by atoms with E-state index in [2.05, 4.69) is 26.1 Å². The Hall–Kier alpha value is -1.06. The third kappa shape index (κ3) is 2.93. The molecule has 0 bridgehead atoms. The third-order valence-electron chi connectivity index (χ3n) is 4.43. The summed E-state index contributed by atoms with van der Waals surface area (Å²) in [4.78, 5) is 26.7. The summed E-state index contributed by atoms with van der Waals surface area (Å²) in [5, 5.41) is 3.01. The molecule has 2 fully saturated rings. The van der Waals surface area contributed by atoms with Crippen molar-refractivity contribution in [1.29, 1.82) is 0 Å². The van der Waals surface area contributed by atoms with Crippen molar-refractivity contribution in [2.75, 3.05) is 6.54 Å². The fourth-order valence-electron chi connectivity index (χ4n) is 3.53. The van der Waals surface area contributed by atoms with Crippen LogP contribution in [0.1, 0.15) is 59.3 Å². The van der Waals surface area contributed by atoms with Crippen molar-refractivity contribution in [2.45, 2.75) is 70.9 Å². The lowest BCUT2D eigenvalue weighted by molar-refractivity contribution is -0.140. The smallest absolute Gasteiger partial charge is 0.248 e. The molecule has 1 spiro atoms. The standard InChI is InChI=1S/C15H26N2O2/c1-11(2)10-12(3)17-9-6-13(18)16-15(14(17)19)7-4-5-8-15/h11-12H,4-10H2,1-3H3,(H,16,18). The van der Waals surface area contributed by atoms with E-state index in [-0.39, 0.29) is 17.9 Å². The fraction of sp³-hybridized carbons (Fsp3) is 0.867. The molecule has 2 rings (SSSR count). The molecule has 4 heteroatoms. The maximum absolute atomic E-state index is 12.8. The highest BCUT2D eigenvalue weighted by atomic mass is 16.2. The first-order chi connectivity index (χ1) is 8.94. The number of carbonyl (C=O) groups is 2. The minimum absolute atomic E-state index is 0.0366. The molecule has 0 radical (unpaired) electrons. The molecule has 2 aliphatic rings. The van der Waals surface area contributed by atoms with Gasteiger partial charge < -0.3 is 10.2 Å². The average molecular weight is 266 g/mol. The van der Waals surface area contributed by atoms with Gasteiger partial charge in [-0.3, -0.25) is 9.59 Å². The number of rotatable bonds is 3. The highest BCUT2D eigenvalue weighted by Gasteiger charge is 2.47. The van der Waals surface area contributed by atoms with Crippen LogP contribution in [0.4, 0.5) is 0 Å². The van der Waals surface area contributed by atoms with E-state index in [1.54, 1.807) is 0 Å². The second-order valence-corrected chi connectivity index (χ2v) is 6.56. The maximum atomic E-state index is 12.8. The van der Waals surface area contributed by atoms with E-state index in [0.29, 0.717) is 18.9 Å². The van der Waals surface area contributed by atoms with Crippen LogP contribution in [0.2, 0.25) is 0 Å². The minimum Gasteiger partial charge on any atom is -0.342 e. The second kappa shape index (κ2) is 5.51. The number of nitrogens with zero attached hydrogens (tertiary/aromatic N) is 1. The fourth-order valence-corrected chi connectivity index (χ4v) is 3.53. The van der Waals surface area contributed by atoms with E-state index in [4.69, 9.17) is 0 Å². The number of carbonyl (C=O) groups excluding carboxylic acids is 2. The molecule has 108 valence electrons. The van der Waals surface area contributed by atoms with Gasteiger partial charge in [-0.1, -0.05) is 26.7 Å². The first-order valence-electron chi connectivity index (χ1n) is 7.57. The topological polar surface area (TPSA) is 49.4 Å². The maximum Gasteiger partial charge on any atom is 0.248 e. The summed E-state index contributed by atoms with van der Waals surface area (Å²) >= 11 is 0. The molecule has 1 saturated heterocycles. The number of amides is 2. The Bertz CT molecular complexity index is 359. The zero-order valence-electron chi connectivity index (χ0n) is 12.4. The second-order valence-electron chi connectivity index (χ2n) is 6.56. The Morgan fingerprint density at radius 2 is 1.84 bits per heavy atom. The molecule has 2 amide bonds. The van der Waals surface area contributed by atoms with Gasteiger partial charge in [0, 0.05) is 19.0 Å². The first-order valence-corrected chi connectivity index (χ1v) is 7.57. The summed E-state index contributed by atoms with van der Waals surface area (Å²) in [5.74, 6) is 0.757. The number of nitrogens with one attached hydrogen (secondary N) is 1. The summed E-state index contributed by atoms with van der Waals surface area (Å²) in [6.07, 6.45) is 5.13. The van der Waals surface area contributed by atoms with Gasteiger partial charge in [0.05, 0.1) is 0 Å². The molecule has 1 N–H and O–H groups in total. The minimum atomic E-state index is -0.585. The summed E-state index contributed by atoms with van der Waals surface area (Å²) in [6.45, 7) is 7.03. The molecule has 19 heavy (non-hydrogen) atoms. The van der Waals surface area contributed by atoms with Gasteiger partial charge in [-0.2, -0.15) is 0 Å². The van der Waals surface area contributed by atoms with E-state index < -0.39 is 5.54 Å². The van der Waals surface area contributed by atoms with Crippen molar-refractivity contribution in [2.24, 2.45) is 5.92 Å². The van der Waals surface area contributed by atoms with Gasteiger partial charge in [0.25, 0.3) is 0 Å². The molecule has 0 aromatic heterocycles. The van der Waals surface area contributed by atoms with Crippen molar-refractivity contribution in [3.63, 3.8) is 0 Å². The Morgan fingerprint density at radius 3 is 2.42 bits per heavy atom. The van der Waals surface area contributed by atoms with E-state index in [0.717, 1.165) is 32.1 Å². The molecule has 0 aromatic carbocycles. The molecular weight excluding hydrogens is 240 g/mol. The van der Waals surface area contributed by atoms with Crippen molar-refractivity contribution >= 4 is 11.8 Å². The largest absolute Gasteiger partial charge is 0.342 e. The third-order valence-corrected chi connectivity index (χ3v) is 4.43. The van der Waals surface area contributed by atoms with Gasteiger partial charge in [0.1, 0.15) is 5.54 Å². The van der Waals surface area contributed by atoms with Crippen molar-refractivity contribution in [1.82, 2.24) is 10.2 Å². The SMILES string of the molecule is CC(C)CC(C)N1CCC(=O)NC2(CCCC2)C1=O. The van der Waals surface area contributed by atoms with Gasteiger partial charge >= 0.3 is 0 Å². The lowest BCUT2D eigenvalue weighted by Gasteiger charge is -2.35. The molecule has 1 atom stereocenters. The highest BCUT2D eigenvalue weighted by Crippen LogP contribution is 2.34. The summed E-state index contributed by atoms with van der Waals surface area (Å²) in [6, 6.07) is 0.220. The van der Waals surface area contributed by atoms with Crippen LogP contribution in [0.25, 0.3) is 0 Å². The lowest BCUT2D eigenvalue weighted by Crippen LogP contribution is -2.57. The summed E-state index contributed by atoms with van der Waals surface area (Å²) in [7, 11) is 0. The van der Waals surface area contributed by atoms with E-state index >= 15 is 0 Å². The Kier molecular flexibility index (Phi) is 4.16. The molecule has 0 aromatic rings. The molecule has 1 aliphatic carbocycles. The van der Waals surface area contributed by atoms with Crippen LogP contribution in [0.15, 0.2) is 0 Å². The quantitative estimate of drug-likeness (QED) is 0.850. The van der Waals surface area contributed by atoms with Crippen LogP contribution >= 0.6 is 0 Å². The van der Waals surface area contributed by atoms with Crippen LogP contribution in [0, 0.1) is 5.92 Å². The van der Waals surface area contributed by atoms with E-state index in [1.807, 2.05) is 4.90 Å². The predicted octanol–water partition coefficient (Wildman–Crippen LogP) is 2.08. The van der Waals surface area contributed by atoms with E-state index in [1.165, 1.54) is 0 Å². The van der Waals surface area contributed by atoms with Crippen molar-refractivity contribution in [3.05, 3.63) is 0 Å². The predicted molar refractivity (Wildman–Crippen MR) is 74.6 cm³/mol. The lowest BCUT2D eigenvalue weighted by atomic mass is 9.94. The highest BCUT2D eigenvalue weighted by molar-refractivity contribution is 5.94. The Balaban J connectivity index is 2.19. The van der Waals surface area contributed by atoms with Crippen molar-refractivity contribution in [3.8, 4) is 0 Å². The van der Waals surface area contributed by atoms with E-state index in [9.17, 15) is 9.59 Å². The Morgan fingerprint density at radius 1 is 1.21 bits per heavy atom. The average Bonchev–Trinajstić information content (AvgIpc) is 2.72. The normalized spacial score (nSPS) is 24.7. The molecule has 1 aliphatic heterocycles. The van der Waals surface area contributed by atoms with Gasteiger partial charge in [-0.25, -0.2) is 0 Å². The molecule has 1 saturated carbocycles. The van der Waals surface area contributed by atoms with Crippen LogP contribution < -0.4 is 5.32 Å². The van der Waals surface area contributed by atoms with Gasteiger partial charge in [-0.05, 0) is 32.1 Å². The molecule has 4 nitrogen and oxygen atoms in total. The van der Waals surface area contributed by atoms with Gasteiger partial charge in [0.15, 0.2) is 0 Å². The summed E-state index contributed by atoms with van der Waals surface area (Å²) in [5.41, 5.74) is -0.585. The molecule has 1 unspecified atom stereocenters.